The number of amides is 1. The number of unbranched alkanes of at least 4 members (excludes halogenated alkanes) is 32. The minimum Gasteiger partial charge on any atom is -0.394 e. The van der Waals surface area contributed by atoms with Gasteiger partial charge in [0.05, 0.1) is 18.8 Å². The molecule has 4 unspecified atom stereocenters. The van der Waals surface area contributed by atoms with Crippen molar-refractivity contribution in [1.82, 2.24) is 5.32 Å². The Hall–Kier alpha value is -1.73. The number of rotatable bonds is 49. The number of nitrogens with one attached hydrogen (secondary N) is 1. The average Bonchev–Trinajstić information content (AvgIpc) is 3.28. The molecule has 0 bridgehead atoms. The van der Waals surface area contributed by atoms with Gasteiger partial charge in [0.1, 0.15) is 12.2 Å². The second kappa shape index (κ2) is 50.3. The van der Waals surface area contributed by atoms with Crippen molar-refractivity contribution in [2.24, 2.45) is 0 Å². The molecule has 0 saturated heterocycles. The van der Waals surface area contributed by atoms with E-state index in [0.717, 1.165) is 64.2 Å². The molecule has 4 atom stereocenters. The van der Waals surface area contributed by atoms with E-state index in [2.05, 4.69) is 67.8 Å². The molecular weight excluding hydrogens is 767 g/mol. The molecule has 6 nitrogen and oxygen atoms in total. The molecule has 6 heteroatoms. The Balaban J connectivity index is 3.69. The number of aliphatic hydroxyl groups excluding tert-OH is 4. The summed E-state index contributed by atoms with van der Waals surface area (Å²) in [6.07, 6.45) is 63.3. The molecule has 0 fully saturated rings. The quantitative estimate of drug-likeness (QED) is 0.0309. The smallest absolute Gasteiger partial charge is 0.249 e. The van der Waals surface area contributed by atoms with Gasteiger partial charge < -0.3 is 25.7 Å². The van der Waals surface area contributed by atoms with Crippen molar-refractivity contribution >= 4 is 5.91 Å². The van der Waals surface area contributed by atoms with Gasteiger partial charge >= 0.3 is 0 Å². The number of aliphatic hydroxyl groups is 4. The van der Waals surface area contributed by atoms with Gasteiger partial charge in [0.25, 0.3) is 0 Å². The van der Waals surface area contributed by atoms with Crippen LogP contribution in [0.2, 0.25) is 0 Å². The first kappa shape index (κ1) is 60.3. The van der Waals surface area contributed by atoms with Crippen LogP contribution in [0.4, 0.5) is 0 Å². The van der Waals surface area contributed by atoms with Crippen LogP contribution >= 0.6 is 0 Å². The predicted molar refractivity (Wildman–Crippen MR) is 270 cm³/mol. The van der Waals surface area contributed by atoms with Crippen molar-refractivity contribution in [3.8, 4) is 0 Å². The molecule has 0 spiro atoms. The highest BCUT2D eigenvalue weighted by Gasteiger charge is 2.28. The molecule has 0 rings (SSSR count). The van der Waals surface area contributed by atoms with E-state index in [1.807, 2.05) is 0 Å². The van der Waals surface area contributed by atoms with Gasteiger partial charge in [0.15, 0.2) is 0 Å². The molecule has 0 aliphatic heterocycles. The highest BCUT2D eigenvalue weighted by molar-refractivity contribution is 5.80. The van der Waals surface area contributed by atoms with Gasteiger partial charge in [-0.05, 0) is 89.9 Å². The van der Waals surface area contributed by atoms with E-state index in [-0.39, 0.29) is 0 Å². The molecule has 1 amide bonds. The normalized spacial score (nSPS) is 14.2. The maximum absolute atomic E-state index is 12.5. The zero-order valence-corrected chi connectivity index (χ0v) is 41.1. The van der Waals surface area contributed by atoms with Crippen molar-refractivity contribution in [1.29, 1.82) is 0 Å². The number of allylic oxidation sites excluding steroid dienone is 8. The van der Waals surface area contributed by atoms with E-state index >= 15 is 0 Å². The highest BCUT2D eigenvalue weighted by atomic mass is 16.3. The van der Waals surface area contributed by atoms with Gasteiger partial charge in [-0.3, -0.25) is 4.79 Å². The number of carbonyl (C=O) groups is 1. The van der Waals surface area contributed by atoms with Gasteiger partial charge in [-0.15, -0.1) is 0 Å². The van der Waals surface area contributed by atoms with Crippen LogP contribution in [0.25, 0.3) is 0 Å². The number of hydrogen-bond acceptors (Lipinski definition) is 5. The molecule has 0 aromatic heterocycles. The molecule has 0 aliphatic carbocycles. The van der Waals surface area contributed by atoms with E-state index < -0.39 is 36.9 Å². The monoisotopic (exact) mass is 872 g/mol. The highest BCUT2D eigenvalue weighted by Crippen LogP contribution is 2.16. The summed E-state index contributed by atoms with van der Waals surface area (Å²) in [6, 6.07) is -1.02. The maximum Gasteiger partial charge on any atom is 0.249 e. The molecule has 0 aliphatic rings. The van der Waals surface area contributed by atoms with Crippen molar-refractivity contribution in [3.63, 3.8) is 0 Å². The fourth-order valence-corrected chi connectivity index (χ4v) is 8.20. The lowest BCUT2D eigenvalue weighted by Crippen LogP contribution is -2.53. The third kappa shape index (κ3) is 43.5. The first-order valence-electron chi connectivity index (χ1n) is 27.0. The van der Waals surface area contributed by atoms with Crippen molar-refractivity contribution in [2.75, 3.05) is 6.61 Å². The average molecular weight is 872 g/mol. The van der Waals surface area contributed by atoms with Crippen LogP contribution in [-0.4, -0.2) is 57.3 Å². The van der Waals surface area contributed by atoms with Crippen LogP contribution in [-0.2, 0) is 4.79 Å². The summed E-state index contributed by atoms with van der Waals surface area (Å²) in [4.78, 5) is 12.5. The fourth-order valence-electron chi connectivity index (χ4n) is 8.20. The standard InChI is InChI=1S/C56H105NO5/c1-3-5-7-9-11-13-15-17-19-20-21-22-23-24-25-26-27-28-29-30-31-32-33-34-35-36-38-39-41-43-45-47-49-53(59)55(61)52(51-58)57-56(62)54(60)50-48-46-44-42-40-37-18-16-14-12-10-8-6-4-2/h14,16,31-32,35-36,41,43,52-55,58-61H,3-13,15,17-30,33-34,37-40,42,44-51H2,1-2H3,(H,57,62)/b16-14-,32-31+,36-35+,43-41+. The first-order valence-corrected chi connectivity index (χ1v) is 27.0. The molecule has 364 valence electrons. The van der Waals surface area contributed by atoms with E-state index in [0.29, 0.717) is 19.3 Å². The Morgan fingerprint density at radius 3 is 1.03 bits per heavy atom. The molecule has 0 aromatic carbocycles. The Bertz CT molecular complexity index is 1020. The van der Waals surface area contributed by atoms with E-state index in [9.17, 15) is 25.2 Å². The summed E-state index contributed by atoms with van der Waals surface area (Å²) in [6.45, 7) is 4.03. The second-order valence-electron chi connectivity index (χ2n) is 18.5. The van der Waals surface area contributed by atoms with E-state index in [4.69, 9.17) is 0 Å². The minimum absolute atomic E-state index is 0.350. The summed E-state index contributed by atoms with van der Waals surface area (Å²) in [5.74, 6) is -0.605. The third-order valence-corrected chi connectivity index (χ3v) is 12.5. The summed E-state index contributed by atoms with van der Waals surface area (Å²) in [7, 11) is 0. The second-order valence-corrected chi connectivity index (χ2v) is 18.5. The van der Waals surface area contributed by atoms with Crippen molar-refractivity contribution in [3.05, 3.63) is 48.6 Å². The lowest BCUT2D eigenvalue weighted by Gasteiger charge is -2.27. The largest absolute Gasteiger partial charge is 0.394 e. The first-order chi connectivity index (χ1) is 30.5. The van der Waals surface area contributed by atoms with Gasteiger partial charge in [-0.1, -0.05) is 229 Å². The summed E-state index contributed by atoms with van der Waals surface area (Å²) < 4.78 is 0. The summed E-state index contributed by atoms with van der Waals surface area (Å²) >= 11 is 0. The van der Waals surface area contributed by atoms with Gasteiger partial charge in [0.2, 0.25) is 5.91 Å². The fraction of sp³-hybridized carbons (Fsp3) is 0.839. The Kier molecular flexibility index (Phi) is 48.9. The molecule has 0 saturated carbocycles. The van der Waals surface area contributed by atoms with Crippen LogP contribution < -0.4 is 5.32 Å². The van der Waals surface area contributed by atoms with E-state index in [1.54, 1.807) is 0 Å². The summed E-state index contributed by atoms with van der Waals surface area (Å²) in [5, 5.41) is 43.8. The number of hydrogen-bond donors (Lipinski definition) is 5. The molecular formula is C56H105NO5. The predicted octanol–water partition coefficient (Wildman–Crippen LogP) is 15.4. The van der Waals surface area contributed by atoms with Gasteiger partial charge in [-0.2, -0.15) is 0 Å². The van der Waals surface area contributed by atoms with Crippen molar-refractivity contribution < 1.29 is 25.2 Å². The number of carbonyl (C=O) groups excluding carboxylic acids is 1. The van der Waals surface area contributed by atoms with Crippen LogP contribution in [0.15, 0.2) is 48.6 Å². The Labute approximate surface area is 385 Å². The zero-order chi connectivity index (χ0) is 45.2. The van der Waals surface area contributed by atoms with Gasteiger partial charge in [0, 0.05) is 0 Å². The molecule has 0 radical (unpaired) electrons. The third-order valence-electron chi connectivity index (χ3n) is 12.5. The topological polar surface area (TPSA) is 110 Å². The minimum atomic E-state index is -1.30. The van der Waals surface area contributed by atoms with E-state index in [1.165, 1.54) is 173 Å². The molecule has 62 heavy (non-hydrogen) atoms. The Morgan fingerprint density at radius 2 is 0.677 bits per heavy atom. The molecule has 0 aromatic rings. The summed E-state index contributed by atoms with van der Waals surface area (Å²) in [5.41, 5.74) is 0. The van der Waals surface area contributed by atoms with Crippen LogP contribution in [0.5, 0.6) is 0 Å². The van der Waals surface area contributed by atoms with Crippen LogP contribution in [0, 0.1) is 0 Å². The van der Waals surface area contributed by atoms with Gasteiger partial charge in [-0.25, -0.2) is 0 Å². The molecule has 0 heterocycles. The lowest BCUT2D eigenvalue weighted by atomic mass is 10.00. The lowest BCUT2D eigenvalue weighted by molar-refractivity contribution is -0.132. The maximum atomic E-state index is 12.5. The molecule has 5 N–H and O–H groups in total. The SMILES string of the molecule is CCCCCC/C=C\CCCCCCCCC(O)C(=O)NC(CO)C(O)C(O)CCC/C=C/CC/C=C/CC/C=C/CCCCCCCCCCCCCCCCCCCCC. The van der Waals surface area contributed by atoms with Crippen LogP contribution in [0.3, 0.4) is 0 Å². The van der Waals surface area contributed by atoms with Crippen LogP contribution in [0.1, 0.15) is 271 Å². The van der Waals surface area contributed by atoms with Crippen molar-refractivity contribution in [2.45, 2.75) is 295 Å². The Morgan fingerprint density at radius 1 is 0.387 bits per heavy atom. The zero-order valence-electron chi connectivity index (χ0n) is 41.1.